The van der Waals surface area contributed by atoms with Crippen LogP contribution in [0.15, 0.2) is 12.7 Å². The summed E-state index contributed by atoms with van der Waals surface area (Å²) in [6.07, 6.45) is 12.7. The number of ether oxygens (including phenoxy) is 2. The van der Waals surface area contributed by atoms with Crippen molar-refractivity contribution in [2.75, 3.05) is 45.9 Å². The number of rotatable bonds is 5. The highest BCUT2D eigenvalue weighted by Gasteiger charge is 2.67. The lowest BCUT2D eigenvalue weighted by Crippen LogP contribution is -2.61. The lowest BCUT2D eigenvalue weighted by molar-refractivity contribution is -0.937. The van der Waals surface area contributed by atoms with Gasteiger partial charge in [0.15, 0.2) is 6.10 Å². The van der Waals surface area contributed by atoms with Gasteiger partial charge in [0.05, 0.1) is 39.0 Å². The molecule has 0 bridgehead atoms. The minimum absolute atomic E-state index is 0.0174. The summed E-state index contributed by atoms with van der Waals surface area (Å²) in [7, 11) is 0. The summed E-state index contributed by atoms with van der Waals surface area (Å²) < 4.78 is 13.1. The van der Waals surface area contributed by atoms with Crippen LogP contribution in [0.25, 0.3) is 0 Å². The summed E-state index contributed by atoms with van der Waals surface area (Å²) >= 11 is 0. The van der Waals surface area contributed by atoms with Gasteiger partial charge in [0.2, 0.25) is 0 Å². The normalized spacial score (nSPS) is 48.5. The minimum atomic E-state index is -0.209. The SMILES string of the molecule is C=CC[N+]1([C@H]2C[C@H]3[C@@H]4CC[C@H]5C[C@@H](O)[C@@H](N6CCOCC6)C[C@]5(C)[C@H]4CC[C@]3(C)[C@H]2OC(C)=O)CCCC1. The zero-order valence-corrected chi connectivity index (χ0v) is 24.3. The highest BCUT2D eigenvalue weighted by molar-refractivity contribution is 5.66. The Kier molecular flexibility index (Phi) is 7.27. The van der Waals surface area contributed by atoms with Crippen LogP contribution in [-0.4, -0.2) is 90.7 Å². The highest BCUT2D eigenvalue weighted by Crippen LogP contribution is 2.67. The van der Waals surface area contributed by atoms with E-state index in [0.717, 1.165) is 56.6 Å². The number of quaternary nitrogens is 1. The molecule has 38 heavy (non-hydrogen) atoms. The number of hydrogen-bond acceptors (Lipinski definition) is 5. The second-order valence-electron chi connectivity index (χ2n) is 14.6. The molecule has 2 saturated heterocycles. The van der Waals surface area contributed by atoms with E-state index < -0.39 is 0 Å². The maximum absolute atomic E-state index is 12.5. The molecule has 214 valence electrons. The van der Waals surface area contributed by atoms with E-state index in [9.17, 15) is 9.90 Å². The zero-order valence-electron chi connectivity index (χ0n) is 24.3. The van der Waals surface area contributed by atoms with Gasteiger partial charge in [-0.05, 0) is 73.7 Å². The Hall–Kier alpha value is -0.950. The first-order valence-corrected chi connectivity index (χ1v) is 15.9. The highest BCUT2D eigenvalue weighted by atomic mass is 16.5. The molecule has 6 heteroatoms. The molecule has 2 heterocycles. The predicted molar refractivity (Wildman–Crippen MR) is 148 cm³/mol. The van der Waals surface area contributed by atoms with Gasteiger partial charge < -0.3 is 19.1 Å². The summed E-state index contributed by atoms with van der Waals surface area (Å²) in [4.78, 5) is 15.0. The summed E-state index contributed by atoms with van der Waals surface area (Å²) in [6, 6.07) is 0.663. The maximum atomic E-state index is 12.5. The van der Waals surface area contributed by atoms with E-state index in [1.165, 1.54) is 51.6 Å². The lowest BCUT2D eigenvalue weighted by atomic mass is 9.44. The first kappa shape index (κ1) is 27.2. The van der Waals surface area contributed by atoms with Crippen LogP contribution in [0.4, 0.5) is 0 Å². The number of esters is 1. The maximum Gasteiger partial charge on any atom is 0.303 e. The van der Waals surface area contributed by atoms with Gasteiger partial charge in [-0.2, -0.15) is 0 Å². The van der Waals surface area contributed by atoms with E-state index in [1.807, 2.05) is 0 Å². The Balaban J connectivity index is 1.30. The summed E-state index contributed by atoms with van der Waals surface area (Å²) in [6.45, 7) is 17.7. The molecule has 4 saturated carbocycles. The number of carbonyl (C=O) groups excluding carboxylic acids is 1. The standard InChI is InChI=1S/C32H53N2O4/c1-5-14-34(15-6-7-16-34)28-20-26-24-9-8-23-19-29(36)27(33-12-17-37-18-13-33)21-32(23,4)25(24)10-11-31(26,3)30(28)38-22(2)35/h5,23-30,36H,1,6-21H2,2-4H3/q+1/t23-,24+,25-,26-,27-,28-,29+,30-,31-,32-/m0/s1. The smallest absolute Gasteiger partial charge is 0.303 e. The van der Waals surface area contributed by atoms with Crippen LogP contribution in [-0.2, 0) is 14.3 Å². The van der Waals surface area contributed by atoms with Gasteiger partial charge in [0.1, 0.15) is 6.04 Å². The van der Waals surface area contributed by atoms with Crippen molar-refractivity contribution in [2.45, 2.75) is 103 Å². The van der Waals surface area contributed by atoms with Crippen molar-refractivity contribution in [1.82, 2.24) is 4.90 Å². The fourth-order valence-corrected chi connectivity index (χ4v) is 11.3. The van der Waals surface area contributed by atoms with Crippen LogP contribution >= 0.6 is 0 Å². The molecule has 2 aliphatic heterocycles. The van der Waals surface area contributed by atoms with E-state index >= 15 is 0 Å². The van der Waals surface area contributed by atoms with Crippen molar-refractivity contribution in [2.24, 2.45) is 34.5 Å². The molecule has 0 aromatic heterocycles. The Bertz CT molecular complexity index is 898. The van der Waals surface area contributed by atoms with Crippen molar-refractivity contribution in [1.29, 1.82) is 0 Å². The Morgan fingerprint density at radius 3 is 2.53 bits per heavy atom. The number of aliphatic hydroxyl groups is 1. The third kappa shape index (κ3) is 4.23. The van der Waals surface area contributed by atoms with Crippen LogP contribution in [0.2, 0.25) is 0 Å². The second kappa shape index (κ2) is 10.2. The molecule has 0 radical (unpaired) electrons. The summed E-state index contributed by atoms with van der Waals surface area (Å²) in [5, 5.41) is 11.3. The molecular formula is C32H53N2O4+. The number of fused-ring (bicyclic) bond motifs is 5. The predicted octanol–water partition coefficient (Wildman–Crippen LogP) is 4.41. The second-order valence-corrected chi connectivity index (χ2v) is 14.6. The van der Waals surface area contributed by atoms with E-state index in [2.05, 4.69) is 31.4 Å². The van der Waals surface area contributed by atoms with E-state index in [0.29, 0.717) is 29.7 Å². The number of carbonyl (C=O) groups is 1. The third-order valence-corrected chi connectivity index (χ3v) is 13.1. The van der Waals surface area contributed by atoms with Gasteiger partial charge in [-0.1, -0.05) is 20.4 Å². The van der Waals surface area contributed by atoms with Gasteiger partial charge >= 0.3 is 5.97 Å². The van der Waals surface area contributed by atoms with Gasteiger partial charge in [-0.15, -0.1) is 0 Å². The number of morpholine rings is 1. The van der Waals surface area contributed by atoms with Crippen LogP contribution in [0.3, 0.4) is 0 Å². The zero-order chi connectivity index (χ0) is 26.7. The quantitative estimate of drug-likeness (QED) is 0.325. The van der Waals surface area contributed by atoms with Crippen LogP contribution < -0.4 is 0 Å². The monoisotopic (exact) mass is 529 g/mol. The molecule has 10 atom stereocenters. The molecule has 0 aromatic rings. The van der Waals surface area contributed by atoms with Gasteiger partial charge in [0.25, 0.3) is 0 Å². The summed E-state index contributed by atoms with van der Waals surface area (Å²) in [5.74, 6) is 2.54. The molecule has 0 spiro atoms. The summed E-state index contributed by atoms with van der Waals surface area (Å²) in [5.41, 5.74) is 0.343. The fraction of sp³-hybridized carbons (Fsp3) is 0.906. The van der Waals surface area contributed by atoms with Crippen LogP contribution in [0.1, 0.15) is 78.6 Å². The van der Waals surface area contributed by atoms with E-state index in [4.69, 9.17) is 9.47 Å². The van der Waals surface area contributed by atoms with Crippen molar-refractivity contribution >= 4 is 5.97 Å². The molecule has 4 aliphatic carbocycles. The average molecular weight is 530 g/mol. The molecular weight excluding hydrogens is 476 g/mol. The van der Waals surface area contributed by atoms with E-state index in [1.54, 1.807) is 6.92 Å². The topological polar surface area (TPSA) is 59.0 Å². The molecule has 0 unspecified atom stereocenters. The molecule has 0 amide bonds. The Morgan fingerprint density at radius 2 is 1.84 bits per heavy atom. The molecule has 6 rings (SSSR count). The molecule has 6 aliphatic rings. The molecule has 6 fully saturated rings. The Morgan fingerprint density at radius 1 is 1.11 bits per heavy atom. The average Bonchev–Trinajstić information content (AvgIpc) is 3.48. The van der Waals surface area contributed by atoms with Gasteiger partial charge in [-0.25, -0.2) is 0 Å². The molecule has 6 nitrogen and oxygen atoms in total. The number of likely N-dealkylation sites (tertiary alicyclic amines) is 1. The first-order valence-electron chi connectivity index (χ1n) is 15.9. The first-order chi connectivity index (χ1) is 18.2. The number of aliphatic hydroxyl groups excluding tert-OH is 1. The van der Waals surface area contributed by atoms with Crippen molar-refractivity contribution < 1.29 is 23.9 Å². The number of hydrogen-bond donors (Lipinski definition) is 1. The van der Waals surface area contributed by atoms with Crippen molar-refractivity contribution in [3.63, 3.8) is 0 Å². The van der Waals surface area contributed by atoms with Crippen LogP contribution in [0, 0.1) is 34.5 Å². The largest absolute Gasteiger partial charge is 0.456 e. The van der Waals surface area contributed by atoms with Crippen molar-refractivity contribution in [3.8, 4) is 0 Å². The lowest BCUT2D eigenvalue weighted by Gasteiger charge is -2.62. The van der Waals surface area contributed by atoms with Gasteiger partial charge in [-0.3, -0.25) is 9.69 Å². The van der Waals surface area contributed by atoms with Gasteiger partial charge in [0, 0.05) is 50.7 Å². The van der Waals surface area contributed by atoms with Crippen LogP contribution in [0.5, 0.6) is 0 Å². The Labute approximate surface area is 230 Å². The molecule has 0 aromatic carbocycles. The minimum Gasteiger partial charge on any atom is -0.456 e. The van der Waals surface area contributed by atoms with E-state index in [-0.39, 0.29) is 35.0 Å². The fourth-order valence-electron chi connectivity index (χ4n) is 11.3. The molecule has 1 N–H and O–H groups in total. The third-order valence-electron chi connectivity index (χ3n) is 13.1. The number of nitrogens with zero attached hydrogens (tertiary/aromatic N) is 2. The van der Waals surface area contributed by atoms with Crippen molar-refractivity contribution in [3.05, 3.63) is 12.7 Å².